The fourth-order valence-corrected chi connectivity index (χ4v) is 10.8. The topological polar surface area (TPSA) is 60.4 Å². The summed E-state index contributed by atoms with van der Waals surface area (Å²) in [7, 11) is 0. The first kappa shape index (κ1) is 23.9. The van der Waals surface area contributed by atoms with E-state index in [2.05, 4.69) is 54.5 Å². The molecule has 186 valence electrons. The van der Waals surface area contributed by atoms with Crippen molar-refractivity contribution in [3.63, 3.8) is 0 Å². The van der Waals surface area contributed by atoms with Crippen molar-refractivity contribution in [1.82, 2.24) is 0 Å². The van der Waals surface area contributed by atoms with Crippen LogP contribution in [0.4, 0.5) is 0 Å². The summed E-state index contributed by atoms with van der Waals surface area (Å²) in [5.74, 6) is 1.42. The van der Waals surface area contributed by atoms with Gasteiger partial charge in [-0.2, -0.15) is 0 Å². The zero-order valence-corrected chi connectivity index (χ0v) is 22.2. The third kappa shape index (κ3) is 2.75. The summed E-state index contributed by atoms with van der Waals surface area (Å²) in [4.78, 5) is 12.7. The molecule has 0 aliphatic heterocycles. The minimum Gasteiger partial charge on any atom is -0.550 e. The fraction of sp³-hybridized carbons (Fsp3) is 0.900. The molecule has 0 spiro atoms. The van der Waals surface area contributed by atoms with Crippen molar-refractivity contribution in [2.45, 2.75) is 112 Å². The summed E-state index contributed by atoms with van der Waals surface area (Å²) < 4.78 is 0. The lowest BCUT2D eigenvalue weighted by Gasteiger charge is -2.71. The lowest BCUT2D eigenvalue weighted by atomic mass is 9.33. The minimum absolute atomic E-state index is 0.0385. The Morgan fingerprint density at radius 2 is 1.64 bits per heavy atom. The minimum atomic E-state index is -0.792. The normalized spacial score (nSPS) is 55.3. The summed E-state index contributed by atoms with van der Waals surface area (Å²) in [5.41, 5.74) is 1.24. The molecule has 0 aromatic carbocycles. The molecular formula is C30H47O3-. The van der Waals surface area contributed by atoms with E-state index in [9.17, 15) is 15.0 Å². The third-order valence-electron chi connectivity index (χ3n) is 13.4. The largest absolute Gasteiger partial charge is 0.550 e. The van der Waals surface area contributed by atoms with Gasteiger partial charge in [-0.05, 0) is 109 Å². The van der Waals surface area contributed by atoms with Crippen molar-refractivity contribution >= 4 is 5.97 Å². The molecule has 4 fully saturated rings. The van der Waals surface area contributed by atoms with Gasteiger partial charge in [0.25, 0.3) is 0 Å². The molecule has 0 aromatic rings. The van der Waals surface area contributed by atoms with E-state index in [0.717, 1.165) is 44.9 Å². The Labute approximate surface area is 201 Å². The first-order valence-corrected chi connectivity index (χ1v) is 13.9. The molecule has 1 N–H and O–H groups in total. The number of carbonyl (C=O) groups excluding carboxylic acids is 1. The number of aliphatic carboxylic acids is 1. The van der Waals surface area contributed by atoms with Gasteiger partial charge in [0, 0.05) is 11.4 Å². The number of fused-ring (bicyclic) bond motifs is 7. The quantitative estimate of drug-likeness (QED) is 0.512. The van der Waals surface area contributed by atoms with E-state index in [1.165, 1.54) is 18.4 Å². The zero-order valence-electron chi connectivity index (χ0n) is 22.2. The number of hydrogen-bond donors (Lipinski definition) is 1. The second-order valence-corrected chi connectivity index (χ2v) is 14.5. The van der Waals surface area contributed by atoms with E-state index in [-0.39, 0.29) is 33.7 Å². The van der Waals surface area contributed by atoms with Crippen LogP contribution in [0.5, 0.6) is 0 Å². The van der Waals surface area contributed by atoms with Gasteiger partial charge in [-0.15, -0.1) is 0 Å². The van der Waals surface area contributed by atoms with Crippen molar-refractivity contribution in [3.05, 3.63) is 11.6 Å². The van der Waals surface area contributed by atoms with Crippen LogP contribution in [0.2, 0.25) is 0 Å². The first-order valence-electron chi connectivity index (χ1n) is 13.9. The molecule has 3 heteroatoms. The Hall–Kier alpha value is -0.830. The molecule has 10 atom stereocenters. The van der Waals surface area contributed by atoms with Crippen molar-refractivity contribution in [3.8, 4) is 0 Å². The lowest BCUT2D eigenvalue weighted by Crippen LogP contribution is -2.66. The standard InChI is InChI=1S/C30H48O3/c1-18-10-15-30(25(32)33)17-16-28(6)20(24(30)19(18)2)8-9-22-27(5)13-12-23(31)26(3,4)21(27)11-14-29(22,28)7/h8,18-19,21-24,31H,9-17H2,1-7H3,(H,32,33)/p-1/t18-,19+,21+,22-,23-,24-,27+,28-,29-,30+/m1/s1. The SMILES string of the molecule is C[C@H]1[C@H](C)CC[C@]2(C(=O)[O-])CC[C@]3(C)C(=CC[C@@H]4[C@@]5(C)CC[C@@H](O)C(C)(C)[C@@H]5CC[C@]43C)[C@@H]12. The number of aliphatic hydroxyl groups is 1. The molecule has 33 heavy (non-hydrogen) atoms. The van der Waals surface area contributed by atoms with Gasteiger partial charge in [0.2, 0.25) is 0 Å². The van der Waals surface area contributed by atoms with Gasteiger partial charge in [-0.3, -0.25) is 0 Å². The fourth-order valence-electron chi connectivity index (χ4n) is 10.8. The molecule has 0 unspecified atom stereocenters. The molecule has 0 radical (unpaired) electrons. The molecule has 5 aliphatic rings. The monoisotopic (exact) mass is 455 g/mol. The summed E-state index contributed by atoms with van der Waals surface area (Å²) in [5, 5.41) is 23.6. The van der Waals surface area contributed by atoms with E-state index >= 15 is 0 Å². The Morgan fingerprint density at radius 1 is 0.939 bits per heavy atom. The van der Waals surface area contributed by atoms with Gasteiger partial charge in [-0.25, -0.2) is 0 Å². The molecule has 0 bridgehead atoms. The zero-order chi connectivity index (χ0) is 24.2. The predicted molar refractivity (Wildman–Crippen MR) is 130 cm³/mol. The molecule has 0 aromatic heterocycles. The maximum atomic E-state index is 12.7. The molecule has 4 saturated carbocycles. The second-order valence-electron chi connectivity index (χ2n) is 14.5. The van der Waals surface area contributed by atoms with Gasteiger partial charge in [-0.1, -0.05) is 60.1 Å². The summed E-state index contributed by atoms with van der Waals surface area (Å²) in [6, 6.07) is 0. The lowest BCUT2D eigenvalue weighted by molar-refractivity contribution is -0.327. The van der Waals surface area contributed by atoms with Gasteiger partial charge in [0.1, 0.15) is 0 Å². The van der Waals surface area contributed by atoms with Gasteiger partial charge < -0.3 is 15.0 Å². The van der Waals surface area contributed by atoms with Crippen LogP contribution in [0.25, 0.3) is 0 Å². The Morgan fingerprint density at radius 3 is 2.30 bits per heavy atom. The van der Waals surface area contributed by atoms with Crippen LogP contribution in [0.1, 0.15) is 106 Å². The van der Waals surface area contributed by atoms with Gasteiger partial charge in [0.15, 0.2) is 0 Å². The number of hydrogen-bond acceptors (Lipinski definition) is 3. The van der Waals surface area contributed by atoms with Crippen LogP contribution in [0, 0.1) is 56.7 Å². The van der Waals surface area contributed by atoms with E-state index in [0.29, 0.717) is 23.7 Å². The van der Waals surface area contributed by atoms with Crippen molar-refractivity contribution in [2.75, 3.05) is 0 Å². The van der Waals surface area contributed by atoms with E-state index < -0.39 is 11.4 Å². The Balaban J connectivity index is 1.61. The average molecular weight is 456 g/mol. The van der Waals surface area contributed by atoms with Gasteiger partial charge in [0.05, 0.1) is 6.10 Å². The highest BCUT2D eigenvalue weighted by Gasteiger charge is 2.68. The van der Waals surface area contributed by atoms with E-state index in [1.807, 2.05) is 0 Å². The smallest absolute Gasteiger partial charge is 0.0594 e. The van der Waals surface area contributed by atoms with Crippen LogP contribution in [-0.4, -0.2) is 17.2 Å². The highest BCUT2D eigenvalue weighted by molar-refractivity contribution is 5.74. The maximum absolute atomic E-state index is 12.7. The summed E-state index contributed by atoms with van der Waals surface area (Å²) in [6.07, 6.45) is 11.3. The third-order valence-corrected chi connectivity index (χ3v) is 13.4. The number of aliphatic hydroxyl groups excluding tert-OH is 1. The highest BCUT2D eigenvalue weighted by atomic mass is 16.4. The molecule has 5 aliphatic carbocycles. The van der Waals surface area contributed by atoms with Crippen LogP contribution < -0.4 is 5.11 Å². The van der Waals surface area contributed by atoms with Crippen LogP contribution >= 0.6 is 0 Å². The Kier molecular flexibility index (Phi) is 5.15. The molecule has 5 rings (SSSR count). The van der Waals surface area contributed by atoms with E-state index in [4.69, 9.17) is 0 Å². The molecule has 3 nitrogen and oxygen atoms in total. The van der Waals surface area contributed by atoms with Crippen molar-refractivity contribution in [1.29, 1.82) is 0 Å². The summed E-state index contributed by atoms with van der Waals surface area (Å²) in [6.45, 7) is 16.8. The summed E-state index contributed by atoms with van der Waals surface area (Å²) >= 11 is 0. The van der Waals surface area contributed by atoms with Crippen molar-refractivity contribution in [2.24, 2.45) is 56.7 Å². The van der Waals surface area contributed by atoms with E-state index in [1.54, 1.807) is 0 Å². The number of carboxylic acids is 1. The average Bonchev–Trinajstić information content (AvgIpc) is 2.74. The van der Waals surface area contributed by atoms with Crippen molar-refractivity contribution < 1.29 is 15.0 Å². The highest BCUT2D eigenvalue weighted by Crippen LogP contribution is 2.75. The molecule has 0 amide bonds. The molecular weight excluding hydrogens is 408 g/mol. The Bertz CT molecular complexity index is 874. The van der Waals surface area contributed by atoms with Crippen LogP contribution in [0.3, 0.4) is 0 Å². The predicted octanol–water partition coefficient (Wildman–Crippen LogP) is 5.75. The van der Waals surface area contributed by atoms with Crippen LogP contribution in [0.15, 0.2) is 11.6 Å². The van der Waals surface area contributed by atoms with Crippen LogP contribution in [-0.2, 0) is 4.79 Å². The number of allylic oxidation sites excluding steroid dienone is 2. The number of rotatable bonds is 1. The molecule has 0 heterocycles. The maximum Gasteiger partial charge on any atom is 0.0594 e. The molecule has 0 saturated heterocycles. The first-order chi connectivity index (χ1) is 15.3. The number of carbonyl (C=O) groups is 1. The number of carboxylic acid groups (broad SMARTS) is 1. The second kappa shape index (κ2) is 7.11. The van der Waals surface area contributed by atoms with Gasteiger partial charge >= 0.3 is 0 Å².